The van der Waals surface area contributed by atoms with E-state index in [1.807, 2.05) is 86.6 Å². The summed E-state index contributed by atoms with van der Waals surface area (Å²) in [4.78, 5) is 58.6. The number of aromatic amines is 1. The van der Waals surface area contributed by atoms with Crippen LogP contribution in [0.25, 0.3) is 10.8 Å². The highest BCUT2D eigenvalue weighted by Gasteiger charge is 2.29. The minimum Gasteiger partial charge on any atom is -0.445 e. The van der Waals surface area contributed by atoms with Crippen molar-refractivity contribution in [2.75, 3.05) is 0 Å². The largest absolute Gasteiger partial charge is 0.445 e. The van der Waals surface area contributed by atoms with Gasteiger partial charge in [0.1, 0.15) is 25.0 Å². The fourth-order valence-electron chi connectivity index (χ4n) is 5.11. The lowest BCUT2D eigenvalue weighted by Gasteiger charge is -2.25. The number of benzene rings is 3. The Balaban J connectivity index is 1.56. The molecule has 0 aliphatic carbocycles. The van der Waals surface area contributed by atoms with Gasteiger partial charge in [-0.3, -0.25) is 9.59 Å². The van der Waals surface area contributed by atoms with E-state index < -0.39 is 30.0 Å². The van der Waals surface area contributed by atoms with Crippen molar-refractivity contribution in [1.82, 2.24) is 25.9 Å². The van der Waals surface area contributed by atoms with Crippen LogP contribution in [0.4, 0.5) is 4.79 Å². The number of H-pyrrole nitrogens is 1. The van der Waals surface area contributed by atoms with Gasteiger partial charge in [0.25, 0.3) is 0 Å². The quantitative estimate of drug-likeness (QED) is 0.151. The standard InChI is InChI=1S/C34H39N5O5/c1-23(2)17-27(15-16-40)37-32(41)31(19-28-20-35-22-36-28)38-33(42)30(39-34(43)44-21-24-9-4-3-5-10-24)18-26-13-8-12-25-11-6-7-14-29(25)26/h3-14,16,20,22-23,27,30-31H,15,17-19,21H2,1-2H3,(H,35,36)(H,37,41)(H,38,42)(H,39,43)/t27?,30-,31-/m0/s1. The maximum absolute atomic E-state index is 13.9. The molecule has 0 aliphatic heterocycles. The fourth-order valence-corrected chi connectivity index (χ4v) is 5.11. The van der Waals surface area contributed by atoms with Crippen molar-refractivity contribution in [3.8, 4) is 0 Å². The van der Waals surface area contributed by atoms with Crippen molar-refractivity contribution < 1.29 is 23.9 Å². The van der Waals surface area contributed by atoms with Gasteiger partial charge in [-0.25, -0.2) is 9.78 Å². The van der Waals surface area contributed by atoms with Crippen molar-refractivity contribution >= 4 is 35.0 Å². The second-order valence-corrected chi connectivity index (χ2v) is 11.2. The number of hydrogen-bond acceptors (Lipinski definition) is 6. The van der Waals surface area contributed by atoms with E-state index in [2.05, 4.69) is 25.9 Å². The van der Waals surface area contributed by atoms with E-state index in [0.717, 1.165) is 28.2 Å². The third-order valence-electron chi connectivity index (χ3n) is 7.22. The Labute approximate surface area is 257 Å². The first kappa shape index (κ1) is 31.9. The monoisotopic (exact) mass is 597 g/mol. The molecule has 0 aliphatic rings. The zero-order chi connectivity index (χ0) is 31.3. The Kier molecular flexibility index (Phi) is 11.6. The average Bonchev–Trinajstić information content (AvgIpc) is 3.53. The van der Waals surface area contributed by atoms with Crippen LogP contribution in [-0.2, 0) is 38.6 Å². The van der Waals surface area contributed by atoms with E-state index in [4.69, 9.17) is 4.74 Å². The molecule has 3 aromatic carbocycles. The smallest absolute Gasteiger partial charge is 0.408 e. The third-order valence-corrected chi connectivity index (χ3v) is 7.22. The molecule has 0 saturated heterocycles. The topological polar surface area (TPSA) is 142 Å². The van der Waals surface area contributed by atoms with Gasteiger partial charge in [0.05, 0.1) is 6.33 Å². The summed E-state index contributed by atoms with van der Waals surface area (Å²) in [5, 5.41) is 10.4. The first-order chi connectivity index (χ1) is 21.3. The SMILES string of the molecule is CC(C)CC(CC=O)NC(=O)[C@H](Cc1cnc[nH]1)NC(=O)[C@H](Cc1cccc2ccccc12)NC(=O)OCc1ccccc1. The van der Waals surface area contributed by atoms with E-state index >= 15 is 0 Å². The highest BCUT2D eigenvalue weighted by atomic mass is 16.5. The van der Waals surface area contributed by atoms with Crippen LogP contribution in [0.3, 0.4) is 0 Å². The Bertz CT molecular complexity index is 1520. The molecule has 10 nitrogen and oxygen atoms in total. The number of nitrogens with one attached hydrogen (secondary N) is 4. The van der Waals surface area contributed by atoms with Crippen LogP contribution >= 0.6 is 0 Å². The molecule has 4 rings (SSSR count). The number of rotatable bonds is 15. The summed E-state index contributed by atoms with van der Waals surface area (Å²) in [6.45, 7) is 4.05. The molecule has 0 radical (unpaired) electrons. The number of ether oxygens (including phenoxy) is 1. The van der Waals surface area contributed by atoms with Gasteiger partial charge < -0.3 is 30.5 Å². The Hall–Kier alpha value is -4.99. The molecule has 3 amide bonds. The summed E-state index contributed by atoms with van der Waals surface area (Å²) in [5.74, 6) is -0.738. The van der Waals surface area contributed by atoms with Crippen LogP contribution in [0.5, 0.6) is 0 Å². The predicted octanol–water partition coefficient (Wildman–Crippen LogP) is 4.25. The van der Waals surface area contributed by atoms with Crippen LogP contribution < -0.4 is 16.0 Å². The summed E-state index contributed by atoms with van der Waals surface area (Å²) in [6, 6.07) is 20.4. The first-order valence-corrected chi connectivity index (χ1v) is 14.8. The molecule has 10 heteroatoms. The molecule has 44 heavy (non-hydrogen) atoms. The Morgan fingerprint density at radius 2 is 1.57 bits per heavy atom. The third kappa shape index (κ3) is 9.52. The Morgan fingerprint density at radius 3 is 2.30 bits per heavy atom. The molecule has 3 atom stereocenters. The van der Waals surface area contributed by atoms with Gasteiger partial charge in [-0.2, -0.15) is 0 Å². The number of hydrogen-bond donors (Lipinski definition) is 4. The maximum Gasteiger partial charge on any atom is 0.408 e. The molecule has 0 saturated carbocycles. The van der Waals surface area contributed by atoms with Gasteiger partial charge in [0, 0.05) is 37.2 Å². The molecule has 0 bridgehead atoms. The second kappa shape index (κ2) is 16.0. The van der Waals surface area contributed by atoms with Crippen molar-refractivity contribution in [2.45, 2.75) is 64.3 Å². The van der Waals surface area contributed by atoms with Gasteiger partial charge >= 0.3 is 6.09 Å². The maximum atomic E-state index is 13.9. The van der Waals surface area contributed by atoms with Crippen LogP contribution in [0.15, 0.2) is 85.3 Å². The summed E-state index contributed by atoms with van der Waals surface area (Å²) >= 11 is 0. The molecule has 0 spiro atoms. The van der Waals surface area contributed by atoms with E-state index in [0.29, 0.717) is 12.1 Å². The molecule has 1 heterocycles. The van der Waals surface area contributed by atoms with Crippen LogP contribution in [0.2, 0.25) is 0 Å². The van der Waals surface area contributed by atoms with Crippen LogP contribution in [0, 0.1) is 5.92 Å². The minimum absolute atomic E-state index is 0.0358. The minimum atomic E-state index is -1.05. The fraction of sp³-hybridized carbons (Fsp3) is 0.324. The highest BCUT2D eigenvalue weighted by molar-refractivity contribution is 5.93. The highest BCUT2D eigenvalue weighted by Crippen LogP contribution is 2.20. The first-order valence-electron chi connectivity index (χ1n) is 14.8. The van der Waals surface area contributed by atoms with Gasteiger partial charge in [0.2, 0.25) is 11.8 Å². The van der Waals surface area contributed by atoms with Crippen LogP contribution in [-0.4, -0.2) is 52.3 Å². The van der Waals surface area contributed by atoms with Gasteiger partial charge in [-0.1, -0.05) is 86.6 Å². The van der Waals surface area contributed by atoms with Gasteiger partial charge in [-0.15, -0.1) is 0 Å². The number of nitrogens with zero attached hydrogens (tertiary/aromatic N) is 1. The lowest BCUT2D eigenvalue weighted by molar-refractivity contribution is -0.130. The molecular formula is C34H39N5O5. The van der Waals surface area contributed by atoms with Gasteiger partial charge in [-0.05, 0) is 34.2 Å². The van der Waals surface area contributed by atoms with Crippen molar-refractivity contribution in [1.29, 1.82) is 0 Å². The Morgan fingerprint density at radius 1 is 0.864 bits per heavy atom. The number of imidazole rings is 1. The van der Waals surface area contributed by atoms with E-state index in [-0.39, 0.29) is 37.8 Å². The number of fused-ring (bicyclic) bond motifs is 1. The lowest BCUT2D eigenvalue weighted by Crippen LogP contribution is -2.56. The summed E-state index contributed by atoms with van der Waals surface area (Å²) in [5.41, 5.74) is 2.30. The zero-order valence-electron chi connectivity index (χ0n) is 25.0. The average molecular weight is 598 g/mol. The number of aldehydes is 1. The van der Waals surface area contributed by atoms with Crippen LogP contribution in [0.1, 0.15) is 43.5 Å². The van der Waals surface area contributed by atoms with Crippen molar-refractivity contribution in [3.63, 3.8) is 0 Å². The number of carbonyl (C=O) groups is 4. The number of carbonyl (C=O) groups excluding carboxylic acids is 4. The molecule has 0 fully saturated rings. The second-order valence-electron chi connectivity index (χ2n) is 11.2. The van der Waals surface area contributed by atoms with E-state index in [9.17, 15) is 19.2 Å². The molecule has 4 aromatic rings. The van der Waals surface area contributed by atoms with Crippen molar-refractivity contribution in [3.05, 3.63) is 102 Å². The molecule has 1 unspecified atom stereocenters. The number of amides is 3. The summed E-state index contributed by atoms with van der Waals surface area (Å²) < 4.78 is 5.43. The zero-order valence-corrected chi connectivity index (χ0v) is 25.0. The lowest BCUT2D eigenvalue weighted by atomic mass is 9.98. The molecular weight excluding hydrogens is 558 g/mol. The van der Waals surface area contributed by atoms with Gasteiger partial charge in [0.15, 0.2) is 0 Å². The molecule has 1 aromatic heterocycles. The summed E-state index contributed by atoms with van der Waals surface area (Å²) in [7, 11) is 0. The number of alkyl carbamates (subject to hydrolysis) is 1. The predicted molar refractivity (Wildman–Crippen MR) is 167 cm³/mol. The molecule has 4 N–H and O–H groups in total. The van der Waals surface area contributed by atoms with E-state index in [1.54, 1.807) is 6.20 Å². The summed E-state index contributed by atoms with van der Waals surface area (Å²) in [6.07, 6.45) is 4.15. The molecule has 230 valence electrons. The van der Waals surface area contributed by atoms with Crippen molar-refractivity contribution in [2.24, 2.45) is 5.92 Å². The van der Waals surface area contributed by atoms with E-state index in [1.165, 1.54) is 6.33 Å². The number of aromatic nitrogens is 2. The normalized spacial score (nSPS) is 13.1.